The fourth-order valence-electron chi connectivity index (χ4n) is 1.58. The van der Waals surface area contributed by atoms with E-state index in [0.717, 1.165) is 6.08 Å². The summed E-state index contributed by atoms with van der Waals surface area (Å²) in [6.07, 6.45) is -1.46. The molecular weight excluding hydrogens is 308 g/mol. The Morgan fingerprint density at radius 1 is 1.09 bits per heavy atom. The summed E-state index contributed by atoms with van der Waals surface area (Å²) in [6.45, 7) is 2.23. The Labute approximate surface area is 131 Å². The molecule has 0 aliphatic heterocycles. The minimum absolute atomic E-state index is 0.0256. The van der Waals surface area contributed by atoms with Gasteiger partial charge in [0, 0.05) is 5.69 Å². The van der Waals surface area contributed by atoms with Crippen LogP contribution >= 0.6 is 0 Å². The van der Waals surface area contributed by atoms with Crippen LogP contribution in [0.15, 0.2) is 36.9 Å². The van der Waals surface area contributed by atoms with Crippen molar-refractivity contribution >= 4 is 23.4 Å². The number of hydrogen-bond acceptors (Lipinski definition) is 3. The molecule has 0 bridgehead atoms. The van der Waals surface area contributed by atoms with Crippen LogP contribution in [-0.4, -0.2) is 37.2 Å². The highest BCUT2D eigenvalue weighted by atomic mass is 19.3. The quantitative estimate of drug-likeness (QED) is 0.619. The maximum atomic E-state index is 11.9. The van der Waals surface area contributed by atoms with Gasteiger partial charge in [-0.3, -0.25) is 14.4 Å². The van der Waals surface area contributed by atoms with Gasteiger partial charge in [0.1, 0.15) is 0 Å². The highest BCUT2D eigenvalue weighted by Crippen LogP contribution is 2.10. The first-order valence-electron chi connectivity index (χ1n) is 6.74. The predicted octanol–water partition coefficient (Wildman–Crippen LogP) is 0.851. The summed E-state index contributed by atoms with van der Waals surface area (Å²) in [5, 5.41) is 6.88. The van der Waals surface area contributed by atoms with Crippen LogP contribution < -0.4 is 16.0 Å². The summed E-state index contributed by atoms with van der Waals surface area (Å²) in [4.78, 5) is 33.9. The summed E-state index contributed by atoms with van der Waals surface area (Å²) in [6, 6.07) is 6.54. The molecule has 0 spiro atoms. The SMILES string of the molecule is C=CC(=O)Nc1ccc(CC(=O)NCC(=O)NCC(F)F)cc1. The van der Waals surface area contributed by atoms with Crippen LogP contribution in [-0.2, 0) is 20.8 Å². The van der Waals surface area contributed by atoms with E-state index in [4.69, 9.17) is 0 Å². The van der Waals surface area contributed by atoms with E-state index in [0.29, 0.717) is 11.3 Å². The molecule has 23 heavy (non-hydrogen) atoms. The second-order valence-electron chi connectivity index (χ2n) is 4.54. The lowest BCUT2D eigenvalue weighted by Crippen LogP contribution is -2.39. The molecule has 0 aliphatic rings. The Balaban J connectivity index is 2.38. The molecule has 124 valence electrons. The second-order valence-corrected chi connectivity index (χ2v) is 4.54. The van der Waals surface area contributed by atoms with Crippen molar-refractivity contribution in [2.75, 3.05) is 18.4 Å². The number of benzene rings is 1. The average Bonchev–Trinajstić information content (AvgIpc) is 2.52. The minimum atomic E-state index is -2.63. The van der Waals surface area contributed by atoms with Crippen molar-refractivity contribution < 1.29 is 23.2 Å². The maximum absolute atomic E-state index is 11.9. The summed E-state index contributed by atoms with van der Waals surface area (Å²) < 4.78 is 23.8. The molecule has 8 heteroatoms. The fourth-order valence-corrected chi connectivity index (χ4v) is 1.58. The Bertz CT molecular complexity index is 574. The highest BCUT2D eigenvalue weighted by molar-refractivity contribution is 5.98. The van der Waals surface area contributed by atoms with Gasteiger partial charge in [-0.2, -0.15) is 0 Å². The lowest BCUT2D eigenvalue weighted by atomic mass is 10.1. The molecule has 0 radical (unpaired) electrons. The van der Waals surface area contributed by atoms with Crippen molar-refractivity contribution in [3.05, 3.63) is 42.5 Å². The first-order valence-corrected chi connectivity index (χ1v) is 6.74. The van der Waals surface area contributed by atoms with Crippen molar-refractivity contribution in [1.29, 1.82) is 0 Å². The Morgan fingerprint density at radius 2 is 1.74 bits per heavy atom. The third-order valence-electron chi connectivity index (χ3n) is 2.67. The molecule has 3 N–H and O–H groups in total. The van der Waals surface area contributed by atoms with Gasteiger partial charge in [0.25, 0.3) is 6.43 Å². The van der Waals surface area contributed by atoms with Crippen molar-refractivity contribution in [3.8, 4) is 0 Å². The number of alkyl halides is 2. The first-order chi connectivity index (χ1) is 10.9. The van der Waals surface area contributed by atoms with Crippen molar-refractivity contribution in [3.63, 3.8) is 0 Å². The Hall–Kier alpha value is -2.77. The van der Waals surface area contributed by atoms with E-state index in [1.165, 1.54) is 0 Å². The van der Waals surface area contributed by atoms with Gasteiger partial charge in [-0.1, -0.05) is 18.7 Å². The maximum Gasteiger partial charge on any atom is 0.255 e. The number of carbonyl (C=O) groups excluding carboxylic acids is 3. The molecule has 0 saturated heterocycles. The second kappa shape index (κ2) is 9.29. The number of hydrogen-bond donors (Lipinski definition) is 3. The molecule has 0 aliphatic carbocycles. The van der Waals surface area contributed by atoms with E-state index in [9.17, 15) is 23.2 Å². The van der Waals surface area contributed by atoms with Crippen molar-refractivity contribution in [2.45, 2.75) is 12.8 Å². The van der Waals surface area contributed by atoms with Gasteiger partial charge in [-0.25, -0.2) is 8.78 Å². The normalized spacial score (nSPS) is 10.0. The lowest BCUT2D eigenvalue weighted by molar-refractivity contribution is -0.126. The zero-order valence-electron chi connectivity index (χ0n) is 12.3. The zero-order chi connectivity index (χ0) is 17.2. The standard InChI is InChI=1S/C15H17F2N3O3/c1-2-13(21)20-11-5-3-10(4-6-11)7-14(22)19-9-15(23)18-8-12(16)17/h2-6,12H,1,7-9H2,(H,18,23)(H,19,22)(H,20,21). The number of halogens is 2. The summed E-state index contributed by atoms with van der Waals surface area (Å²) in [7, 11) is 0. The van der Waals surface area contributed by atoms with E-state index >= 15 is 0 Å². The molecule has 0 fully saturated rings. The molecule has 0 unspecified atom stereocenters. The minimum Gasteiger partial charge on any atom is -0.349 e. The van der Waals surface area contributed by atoms with Gasteiger partial charge >= 0.3 is 0 Å². The number of rotatable bonds is 8. The van der Waals surface area contributed by atoms with Gasteiger partial charge < -0.3 is 16.0 Å². The summed E-state index contributed by atoms with van der Waals surface area (Å²) in [5.74, 6) is -1.44. The van der Waals surface area contributed by atoms with E-state index in [1.54, 1.807) is 24.3 Å². The van der Waals surface area contributed by atoms with Crippen LogP contribution in [0.2, 0.25) is 0 Å². The molecule has 0 heterocycles. The molecule has 0 aromatic heterocycles. The predicted molar refractivity (Wildman–Crippen MR) is 81.0 cm³/mol. The molecule has 1 rings (SSSR count). The largest absolute Gasteiger partial charge is 0.349 e. The number of carbonyl (C=O) groups is 3. The van der Waals surface area contributed by atoms with E-state index in [2.05, 4.69) is 17.2 Å². The van der Waals surface area contributed by atoms with E-state index in [-0.39, 0.29) is 18.9 Å². The van der Waals surface area contributed by atoms with Crippen LogP contribution in [0.3, 0.4) is 0 Å². The van der Waals surface area contributed by atoms with Gasteiger partial charge in [-0.15, -0.1) is 0 Å². The van der Waals surface area contributed by atoms with Crippen LogP contribution in [0.5, 0.6) is 0 Å². The fraction of sp³-hybridized carbons (Fsp3) is 0.267. The zero-order valence-corrected chi connectivity index (χ0v) is 12.3. The Kier molecular flexibility index (Phi) is 7.38. The molecule has 1 aromatic carbocycles. The monoisotopic (exact) mass is 325 g/mol. The van der Waals surface area contributed by atoms with Crippen LogP contribution in [0.4, 0.5) is 14.5 Å². The third kappa shape index (κ3) is 7.70. The smallest absolute Gasteiger partial charge is 0.255 e. The van der Waals surface area contributed by atoms with Gasteiger partial charge in [0.05, 0.1) is 19.5 Å². The Morgan fingerprint density at radius 3 is 2.30 bits per heavy atom. The molecule has 0 saturated carbocycles. The van der Waals surface area contributed by atoms with Crippen molar-refractivity contribution in [1.82, 2.24) is 10.6 Å². The van der Waals surface area contributed by atoms with Crippen LogP contribution in [0.25, 0.3) is 0 Å². The number of anilines is 1. The van der Waals surface area contributed by atoms with Gasteiger partial charge in [0.15, 0.2) is 0 Å². The lowest BCUT2D eigenvalue weighted by Gasteiger charge is -2.07. The third-order valence-corrected chi connectivity index (χ3v) is 2.67. The molecule has 0 atom stereocenters. The molecule has 3 amide bonds. The van der Waals surface area contributed by atoms with E-state index < -0.39 is 24.8 Å². The van der Waals surface area contributed by atoms with E-state index in [1.807, 2.05) is 5.32 Å². The van der Waals surface area contributed by atoms with Crippen LogP contribution in [0.1, 0.15) is 5.56 Å². The first kappa shape index (κ1) is 18.3. The van der Waals surface area contributed by atoms with Gasteiger partial charge in [-0.05, 0) is 23.8 Å². The molecule has 6 nitrogen and oxygen atoms in total. The highest BCUT2D eigenvalue weighted by Gasteiger charge is 2.09. The van der Waals surface area contributed by atoms with Crippen LogP contribution in [0, 0.1) is 0 Å². The molecule has 1 aromatic rings. The summed E-state index contributed by atoms with van der Waals surface area (Å²) in [5.41, 5.74) is 1.23. The molecular formula is C15H17F2N3O3. The average molecular weight is 325 g/mol. The topological polar surface area (TPSA) is 87.3 Å². The number of nitrogens with one attached hydrogen (secondary N) is 3. The summed E-state index contributed by atoms with van der Waals surface area (Å²) >= 11 is 0. The van der Waals surface area contributed by atoms with Crippen molar-refractivity contribution in [2.24, 2.45) is 0 Å². The van der Waals surface area contributed by atoms with Gasteiger partial charge in [0.2, 0.25) is 17.7 Å². The number of amides is 3.